The number of rotatable bonds is 3. The number of anilines is 2. The van der Waals surface area contributed by atoms with Crippen LogP contribution in [0.4, 0.5) is 16.3 Å². The van der Waals surface area contributed by atoms with Crippen molar-refractivity contribution in [2.75, 3.05) is 36.4 Å². The van der Waals surface area contributed by atoms with Crippen molar-refractivity contribution in [3.63, 3.8) is 0 Å². The van der Waals surface area contributed by atoms with Crippen molar-refractivity contribution in [1.29, 1.82) is 5.26 Å². The Bertz CT molecular complexity index is 1060. The lowest BCUT2D eigenvalue weighted by Gasteiger charge is -2.36. The fourth-order valence-corrected chi connectivity index (χ4v) is 3.26. The van der Waals surface area contributed by atoms with E-state index < -0.39 is 11.1 Å². The van der Waals surface area contributed by atoms with Crippen LogP contribution in [0.5, 0.6) is 0 Å². The van der Waals surface area contributed by atoms with Gasteiger partial charge in [-0.1, -0.05) is 11.8 Å². The number of benzene rings is 1. The Morgan fingerprint density at radius 1 is 0.970 bits per heavy atom. The zero-order chi connectivity index (χ0) is 24.1. The van der Waals surface area contributed by atoms with E-state index in [1.165, 1.54) is 0 Å². The van der Waals surface area contributed by atoms with E-state index in [1.54, 1.807) is 11.1 Å². The molecule has 0 bridgehead atoms. The molecule has 1 aromatic carbocycles. The van der Waals surface area contributed by atoms with Crippen LogP contribution in [0, 0.1) is 23.2 Å². The van der Waals surface area contributed by atoms with E-state index >= 15 is 0 Å². The number of aromatic nitrogens is 1. The molecule has 2 aromatic rings. The molecule has 0 aliphatic carbocycles. The van der Waals surface area contributed by atoms with Crippen LogP contribution >= 0.6 is 0 Å². The molecule has 0 spiro atoms. The minimum atomic E-state index is -0.622. The second kappa shape index (κ2) is 9.83. The molecule has 0 unspecified atom stereocenters. The lowest BCUT2D eigenvalue weighted by atomic mass is 10.1. The Kier molecular flexibility index (Phi) is 7.13. The molecule has 3 rings (SSSR count). The number of ether oxygens (including phenoxy) is 1. The van der Waals surface area contributed by atoms with Crippen molar-refractivity contribution >= 4 is 17.6 Å². The number of hydrogen-bond donors (Lipinski definition) is 1. The smallest absolute Gasteiger partial charge is 0.410 e. The second-order valence-corrected chi connectivity index (χ2v) is 9.55. The molecule has 1 amide bonds. The van der Waals surface area contributed by atoms with E-state index in [2.05, 4.69) is 33.1 Å². The van der Waals surface area contributed by atoms with Gasteiger partial charge in [0.2, 0.25) is 0 Å². The number of carbonyl (C=O) groups is 1. The molecule has 0 saturated carbocycles. The molecule has 0 radical (unpaired) electrons. The third-order valence-corrected chi connectivity index (χ3v) is 4.98. The van der Waals surface area contributed by atoms with Crippen molar-refractivity contribution in [2.24, 2.45) is 0 Å². The van der Waals surface area contributed by atoms with Crippen molar-refractivity contribution in [3.8, 4) is 17.9 Å². The topological polar surface area (TPSA) is 81.5 Å². The highest BCUT2D eigenvalue weighted by atomic mass is 16.6. The van der Waals surface area contributed by atoms with Gasteiger partial charge >= 0.3 is 6.09 Å². The highest BCUT2D eigenvalue weighted by molar-refractivity contribution is 5.68. The number of amides is 1. The molecule has 2 heterocycles. The van der Waals surface area contributed by atoms with Gasteiger partial charge in [-0.3, -0.25) is 0 Å². The van der Waals surface area contributed by atoms with Crippen LogP contribution in [0.15, 0.2) is 42.6 Å². The van der Waals surface area contributed by atoms with Crippen LogP contribution < -0.4 is 10.2 Å². The molecule has 1 aromatic heterocycles. The summed E-state index contributed by atoms with van der Waals surface area (Å²) in [5.41, 5.74) is 1.49. The zero-order valence-electron chi connectivity index (χ0n) is 20.0. The molecule has 7 nitrogen and oxygen atoms in total. The fourth-order valence-electron chi connectivity index (χ4n) is 3.26. The third-order valence-electron chi connectivity index (χ3n) is 4.98. The van der Waals surface area contributed by atoms with Gasteiger partial charge in [0, 0.05) is 49.2 Å². The van der Waals surface area contributed by atoms with Crippen molar-refractivity contribution in [2.45, 2.75) is 45.8 Å². The largest absolute Gasteiger partial charge is 0.444 e. The van der Waals surface area contributed by atoms with Gasteiger partial charge in [0.15, 0.2) is 0 Å². The van der Waals surface area contributed by atoms with Crippen LogP contribution in [0.3, 0.4) is 0 Å². The van der Waals surface area contributed by atoms with Gasteiger partial charge in [0.25, 0.3) is 0 Å². The van der Waals surface area contributed by atoms with Crippen LogP contribution in [0.2, 0.25) is 0 Å². The summed E-state index contributed by atoms with van der Waals surface area (Å²) in [5, 5.41) is 12.3. The van der Waals surface area contributed by atoms with Crippen LogP contribution in [0.25, 0.3) is 0 Å². The quantitative estimate of drug-likeness (QED) is 0.712. The van der Waals surface area contributed by atoms with E-state index in [1.807, 2.05) is 71.0 Å². The minimum absolute atomic E-state index is 0.265. The zero-order valence-corrected chi connectivity index (χ0v) is 20.0. The molecule has 33 heavy (non-hydrogen) atoms. The Morgan fingerprint density at radius 3 is 2.12 bits per heavy atom. The summed E-state index contributed by atoms with van der Waals surface area (Å²) in [4.78, 5) is 20.7. The standard InChI is InChI=1S/C26H31N5O2/c1-25(2,3)33-24(32)31-16-14-30(15-17-31)23-13-10-21(18-28-23)7-6-20-8-11-22(12-9-20)29-26(4,5)19-27/h8-13,18,29H,14-17H2,1-5H3. The Balaban J connectivity index is 1.55. The Labute approximate surface area is 196 Å². The first-order valence-electron chi connectivity index (χ1n) is 11.1. The molecule has 7 heteroatoms. The average Bonchev–Trinajstić information content (AvgIpc) is 2.78. The number of nitrogens with zero attached hydrogens (tertiary/aromatic N) is 4. The third kappa shape index (κ3) is 7.15. The van der Waals surface area contributed by atoms with Gasteiger partial charge < -0.3 is 19.9 Å². The molecule has 172 valence electrons. The number of nitrogens with one attached hydrogen (secondary N) is 1. The number of carbonyl (C=O) groups excluding carboxylic acids is 1. The molecular weight excluding hydrogens is 414 g/mol. The number of piperazine rings is 1. The molecular formula is C26H31N5O2. The molecule has 1 aliphatic heterocycles. The molecule has 1 N–H and O–H groups in total. The van der Waals surface area contributed by atoms with E-state index in [-0.39, 0.29) is 6.09 Å². The average molecular weight is 446 g/mol. The maximum absolute atomic E-state index is 12.2. The molecule has 1 saturated heterocycles. The molecule has 1 fully saturated rings. The number of hydrogen-bond acceptors (Lipinski definition) is 6. The van der Waals surface area contributed by atoms with Crippen LogP contribution in [-0.4, -0.2) is 53.3 Å². The highest BCUT2D eigenvalue weighted by Crippen LogP contribution is 2.17. The monoisotopic (exact) mass is 445 g/mol. The summed E-state index contributed by atoms with van der Waals surface area (Å²) in [5.74, 6) is 7.16. The van der Waals surface area contributed by atoms with Crippen LogP contribution in [0.1, 0.15) is 45.7 Å². The Hall–Kier alpha value is -3.71. The van der Waals surface area contributed by atoms with Crippen molar-refractivity contribution < 1.29 is 9.53 Å². The van der Waals surface area contributed by atoms with Gasteiger partial charge in [-0.15, -0.1) is 0 Å². The summed E-state index contributed by atoms with van der Waals surface area (Å²) in [7, 11) is 0. The second-order valence-electron chi connectivity index (χ2n) is 9.55. The summed E-state index contributed by atoms with van der Waals surface area (Å²) < 4.78 is 5.45. The van der Waals surface area contributed by atoms with Crippen molar-refractivity contribution in [3.05, 3.63) is 53.7 Å². The minimum Gasteiger partial charge on any atom is -0.444 e. The highest BCUT2D eigenvalue weighted by Gasteiger charge is 2.26. The summed E-state index contributed by atoms with van der Waals surface area (Å²) in [6.45, 7) is 11.9. The maximum Gasteiger partial charge on any atom is 0.410 e. The first kappa shape index (κ1) is 23.9. The van der Waals surface area contributed by atoms with Gasteiger partial charge in [-0.25, -0.2) is 9.78 Å². The first-order valence-corrected chi connectivity index (χ1v) is 11.1. The SMILES string of the molecule is CC(C)(C#N)Nc1ccc(C#Cc2ccc(N3CCN(C(=O)OC(C)(C)C)CC3)nc2)cc1. The predicted molar refractivity (Wildman–Crippen MR) is 130 cm³/mol. The first-order chi connectivity index (χ1) is 15.5. The van der Waals surface area contributed by atoms with E-state index in [0.717, 1.165) is 22.6 Å². The Morgan fingerprint density at radius 2 is 1.58 bits per heavy atom. The van der Waals surface area contributed by atoms with Crippen molar-refractivity contribution in [1.82, 2.24) is 9.88 Å². The van der Waals surface area contributed by atoms with E-state index in [9.17, 15) is 4.79 Å². The number of nitriles is 1. The maximum atomic E-state index is 12.2. The fraction of sp³-hybridized carbons (Fsp3) is 0.423. The van der Waals surface area contributed by atoms with Gasteiger partial charge in [-0.2, -0.15) is 5.26 Å². The molecule has 0 atom stereocenters. The van der Waals surface area contributed by atoms with Gasteiger partial charge in [-0.05, 0) is 71.0 Å². The number of pyridine rings is 1. The normalized spacial score (nSPS) is 14.1. The van der Waals surface area contributed by atoms with Crippen LogP contribution in [-0.2, 0) is 4.74 Å². The molecule has 1 aliphatic rings. The lowest BCUT2D eigenvalue weighted by molar-refractivity contribution is 0.0240. The van der Waals surface area contributed by atoms with E-state index in [0.29, 0.717) is 26.2 Å². The lowest BCUT2D eigenvalue weighted by Crippen LogP contribution is -2.50. The van der Waals surface area contributed by atoms with Gasteiger partial charge in [0.05, 0.1) is 6.07 Å². The summed E-state index contributed by atoms with van der Waals surface area (Å²) in [6, 6.07) is 13.8. The predicted octanol–water partition coefficient (Wildman–Crippen LogP) is 4.25. The van der Waals surface area contributed by atoms with Gasteiger partial charge in [0.1, 0.15) is 17.0 Å². The summed E-state index contributed by atoms with van der Waals surface area (Å²) in [6.07, 6.45) is 1.51. The van der Waals surface area contributed by atoms with E-state index in [4.69, 9.17) is 10.00 Å². The summed E-state index contributed by atoms with van der Waals surface area (Å²) >= 11 is 0.